The van der Waals surface area contributed by atoms with Gasteiger partial charge in [0.05, 0.1) is 12.1 Å². The number of fused-ring (bicyclic) bond motifs is 1. The maximum Gasteiger partial charge on any atom is 0.257 e. The number of benzene rings is 1. The van der Waals surface area contributed by atoms with E-state index in [1.807, 2.05) is 43.3 Å². The summed E-state index contributed by atoms with van der Waals surface area (Å²) in [4.78, 5) is 35.2. The molecule has 3 heterocycles. The Morgan fingerprint density at radius 3 is 2.66 bits per heavy atom. The van der Waals surface area contributed by atoms with Gasteiger partial charge in [-0.25, -0.2) is 4.98 Å². The molecule has 1 aliphatic rings. The monoisotopic (exact) mass is 392 g/mol. The normalized spacial score (nSPS) is 13.6. The van der Waals surface area contributed by atoms with Crippen molar-refractivity contribution in [2.24, 2.45) is 0 Å². The summed E-state index contributed by atoms with van der Waals surface area (Å²) >= 11 is 0. The molecular weight excluding hydrogens is 368 g/mol. The number of ether oxygens (including phenoxy) is 1. The number of carbonyl (C=O) groups excluding carboxylic acids is 1. The number of H-pyrrole nitrogens is 1. The van der Waals surface area contributed by atoms with E-state index in [2.05, 4.69) is 20.2 Å². The van der Waals surface area contributed by atoms with Gasteiger partial charge in [0.1, 0.15) is 22.6 Å². The van der Waals surface area contributed by atoms with E-state index in [-0.39, 0.29) is 11.0 Å². The molecule has 0 atom stereocenters. The lowest BCUT2D eigenvalue weighted by molar-refractivity contribution is 0.0949. The number of rotatable bonds is 6. The molecule has 29 heavy (non-hydrogen) atoms. The first-order valence-electron chi connectivity index (χ1n) is 9.93. The Morgan fingerprint density at radius 1 is 1.17 bits per heavy atom. The minimum Gasteiger partial charge on any atom is -0.494 e. The molecule has 0 radical (unpaired) electrons. The van der Waals surface area contributed by atoms with Crippen LogP contribution in [0.25, 0.3) is 11.0 Å². The largest absolute Gasteiger partial charge is 0.494 e. The van der Waals surface area contributed by atoms with Crippen molar-refractivity contribution in [2.75, 3.05) is 24.6 Å². The molecule has 1 aliphatic heterocycles. The van der Waals surface area contributed by atoms with Gasteiger partial charge in [-0.3, -0.25) is 9.59 Å². The molecule has 0 aliphatic carbocycles. The van der Waals surface area contributed by atoms with E-state index in [4.69, 9.17) is 4.74 Å². The molecule has 0 saturated carbocycles. The predicted octanol–water partition coefficient (Wildman–Crippen LogP) is 2.85. The summed E-state index contributed by atoms with van der Waals surface area (Å²) in [7, 11) is 0. The first-order valence-corrected chi connectivity index (χ1v) is 9.93. The number of nitrogens with one attached hydrogen (secondary N) is 2. The van der Waals surface area contributed by atoms with E-state index in [1.165, 1.54) is 6.20 Å². The van der Waals surface area contributed by atoms with E-state index in [9.17, 15) is 9.59 Å². The molecule has 7 nitrogen and oxygen atoms in total. The van der Waals surface area contributed by atoms with Crippen molar-refractivity contribution in [3.63, 3.8) is 0 Å². The van der Waals surface area contributed by atoms with Crippen LogP contribution < -0.4 is 20.4 Å². The van der Waals surface area contributed by atoms with E-state index < -0.39 is 5.91 Å². The van der Waals surface area contributed by atoms with Gasteiger partial charge in [0.25, 0.3) is 5.91 Å². The van der Waals surface area contributed by atoms with Crippen LogP contribution in [0.15, 0.2) is 47.4 Å². The lowest BCUT2D eigenvalue weighted by Gasteiger charge is -2.16. The van der Waals surface area contributed by atoms with Crippen LogP contribution in [0.1, 0.15) is 35.7 Å². The zero-order valence-electron chi connectivity index (χ0n) is 16.4. The third-order valence-corrected chi connectivity index (χ3v) is 5.07. The Balaban J connectivity index is 1.52. The number of aromatic amines is 1. The van der Waals surface area contributed by atoms with Crippen molar-refractivity contribution >= 4 is 22.8 Å². The smallest absolute Gasteiger partial charge is 0.257 e. The Labute approximate surface area is 168 Å². The van der Waals surface area contributed by atoms with Gasteiger partial charge in [-0.05, 0) is 49.6 Å². The Kier molecular flexibility index (Phi) is 5.46. The summed E-state index contributed by atoms with van der Waals surface area (Å²) in [6.45, 7) is 4.74. The highest BCUT2D eigenvalue weighted by atomic mass is 16.5. The van der Waals surface area contributed by atoms with Crippen LogP contribution in [0.5, 0.6) is 5.75 Å². The number of nitrogens with zero attached hydrogens (tertiary/aromatic N) is 2. The molecule has 1 fully saturated rings. The summed E-state index contributed by atoms with van der Waals surface area (Å²) in [6, 6.07) is 11.3. The summed E-state index contributed by atoms with van der Waals surface area (Å²) in [5, 5.41) is 2.80. The third-order valence-electron chi connectivity index (χ3n) is 5.07. The third kappa shape index (κ3) is 4.08. The van der Waals surface area contributed by atoms with Gasteiger partial charge < -0.3 is 19.9 Å². The molecule has 1 aromatic carbocycles. The van der Waals surface area contributed by atoms with Gasteiger partial charge in [-0.2, -0.15) is 0 Å². The van der Waals surface area contributed by atoms with Gasteiger partial charge in [-0.1, -0.05) is 12.1 Å². The van der Waals surface area contributed by atoms with Gasteiger partial charge in [-0.15, -0.1) is 0 Å². The standard InChI is InChI=1S/C22H24N4O3/c1-2-29-16-7-5-15(6-8-16)13-24-22(28)17-14-23-18-9-10-19(25-20(18)21(17)27)26-11-3-4-12-26/h5-10,14H,2-4,11-13H2,1H3,(H,23,27)(H,24,28). The molecule has 7 heteroatoms. The van der Waals surface area contributed by atoms with Crippen LogP contribution in [0, 0.1) is 0 Å². The van der Waals surface area contributed by atoms with Crippen molar-refractivity contribution in [1.82, 2.24) is 15.3 Å². The second-order valence-electron chi connectivity index (χ2n) is 7.05. The first kappa shape index (κ1) is 19.0. The summed E-state index contributed by atoms with van der Waals surface area (Å²) < 4.78 is 5.42. The van der Waals surface area contributed by atoms with Crippen LogP contribution in [-0.2, 0) is 6.54 Å². The molecule has 1 saturated heterocycles. The predicted molar refractivity (Wildman–Crippen MR) is 113 cm³/mol. The fraction of sp³-hybridized carbons (Fsp3) is 0.318. The van der Waals surface area contributed by atoms with E-state index >= 15 is 0 Å². The van der Waals surface area contributed by atoms with Gasteiger partial charge in [0.15, 0.2) is 0 Å². The van der Waals surface area contributed by atoms with Crippen LogP contribution in [0.4, 0.5) is 5.82 Å². The lowest BCUT2D eigenvalue weighted by Crippen LogP contribution is -2.29. The van der Waals surface area contributed by atoms with Gasteiger partial charge in [0, 0.05) is 25.8 Å². The number of aromatic nitrogens is 2. The fourth-order valence-corrected chi connectivity index (χ4v) is 3.52. The number of hydrogen-bond donors (Lipinski definition) is 2. The molecule has 3 aromatic rings. The zero-order chi connectivity index (χ0) is 20.2. The second-order valence-corrected chi connectivity index (χ2v) is 7.05. The van der Waals surface area contributed by atoms with Crippen LogP contribution >= 0.6 is 0 Å². The summed E-state index contributed by atoms with van der Waals surface area (Å²) in [5.74, 6) is 1.15. The van der Waals surface area contributed by atoms with E-state index in [1.54, 1.807) is 0 Å². The molecule has 0 unspecified atom stereocenters. The first-order chi connectivity index (χ1) is 14.2. The van der Waals surface area contributed by atoms with Crippen molar-refractivity contribution < 1.29 is 9.53 Å². The molecule has 0 bridgehead atoms. The molecule has 2 aromatic heterocycles. The number of pyridine rings is 2. The number of hydrogen-bond acceptors (Lipinski definition) is 5. The Hall–Kier alpha value is -3.35. The number of carbonyl (C=O) groups is 1. The zero-order valence-corrected chi connectivity index (χ0v) is 16.4. The Bertz CT molecular complexity index is 1070. The SMILES string of the molecule is CCOc1ccc(CNC(=O)c2c[nH]c3ccc(N4CCCC4)nc3c2=O)cc1. The van der Waals surface area contributed by atoms with Gasteiger partial charge >= 0.3 is 0 Å². The Morgan fingerprint density at radius 2 is 1.93 bits per heavy atom. The minimum atomic E-state index is -0.421. The van der Waals surface area contributed by atoms with Crippen molar-refractivity contribution in [1.29, 1.82) is 0 Å². The van der Waals surface area contributed by atoms with E-state index in [0.29, 0.717) is 24.2 Å². The maximum absolute atomic E-state index is 12.9. The topological polar surface area (TPSA) is 87.3 Å². The van der Waals surface area contributed by atoms with Crippen LogP contribution in [0.2, 0.25) is 0 Å². The molecular formula is C22H24N4O3. The molecule has 1 amide bonds. The summed E-state index contributed by atoms with van der Waals surface area (Å²) in [5.41, 5.74) is 1.55. The minimum absolute atomic E-state index is 0.0644. The van der Waals surface area contributed by atoms with Crippen molar-refractivity contribution in [3.05, 3.63) is 63.9 Å². The van der Waals surface area contributed by atoms with Crippen LogP contribution in [-0.4, -0.2) is 35.6 Å². The quantitative estimate of drug-likeness (QED) is 0.674. The van der Waals surface area contributed by atoms with Crippen molar-refractivity contribution in [3.8, 4) is 5.75 Å². The molecule has 2 N–H and O–H groups in total. The molecule has 0 spiro atoms. The number of amides is 1. The lowest BCUT2D eigenvalue weighted by atomic mass is 10.2. The average molecular weight is 392 g/mol. The summed E-state index contributed by atoms with van der Waals surface area (Å²) in [6.07, 6.45) is 3.71. The number of anilines is 1. The van der Waals surface area contributed by atoms with Gasteiger partial charge in [0.2, 0.25) is 5.43 Å². The highest BCUT2D eigenvalue weighted by Gasteiger charge is 2.17. The highest BCUT2D eigenvalue weighted by molar-refractivity contribution is 5.96. The average Bonchev–Trinajstić information content (AvgIpc) is 3.28. The fourth-order valence-electron chi connectivity index (χ4n) is 3.52. The molecule has 4 rings (SSSR count). The highest BCUT2D eigenvalue weighted by Crippen LogP contribution is 2.19. The van der Waals surface area contributed by atoms with Crippen LogP contribution in [0.3, 0.4) is 0 Å². The van der Waals surface area contributed by atoms with E-state index in [0.717, 1.165) is 43.1 Å². The van der Waals surface area contributed by atoms with Crippen molar-refractivity contribution in [2.45, 2.75) is 26.3 Å². The maximum atomic E-state index is 12.9. The molecule has 150 valence electrons. The second kappa shape index (κ2) is 8.34.